The first-order chi connectivity index (χ1) is 19.5. The summed E-state index contributed by atoms with van der Waals surface area (Å²) in [5.41, 5.74) is 1.07. The number of rotatable bonds is 12. The van der Waals surface area contributed by atoms with Crippen LogP contribution >= 0.6 is 0 Å². The molecule has 1 aliphatic rings. The molecule has 1 aliphatic carbocycles. The number of benzene rings is 3. The van der Waals surface area contributed by atoms with Gasteiger partial charge in [0.05, 0.1) is 7.11 Å². The standard InChI is InChI=1S/C31H37F3N2O4S/c1-4-35-17-16-22-6-8-23(9-7-22)21-36(5-2)30-20-27(39-3)14-15-29(30)26-11-10-25-19-28(13-12-24(25)18-26)40-41(37,38)31(32,33)34/h6-9,12-15,19-20,26,35H,4-5,10-11,16-18,21H2,1-3H3. The van der Waals surface area contributed by atoms with Crippen LogP contribution in [0.3, 0.4) is 0 Å². The molecular weight excluding hydrogens is 553 g/mol. The monoisotopic (exact) mass is 590 g/mol. The van der Waals surface area contributed by atoms with Crippen molar-refractivity contribution in [3.63, 3.8) is 0 Å². The van der Waals surface area contributed by atoms with Crippen molar-refractivity contribution < 1.29 is 30.5 Å². The van der Waals surface area contributed by atoms with Crippen LogP contribution < -0.4 is 19.1 Å². The maximum absolute atomic E-state index is 12.8. The number of fused-ring (bicyclic) bond motifs is 1. The molecule has 222 valence electrons. The summed E-state index contributed by atoms with van der Waals surface area (Å²) in [6.45, 7) is 7.67. The van der Waals surface area contributed by atoms with Crippen LogP contribution in [-0.4, -0.2) is 40.7 Å². The number of nitrogens with one attached hydrogen (secondary N) is 1. The Kier molecular flexibility index (Phi) is 9.86. The number of hydrogen-bond acceptors (Lipinski definition) is 6. The molecule has 0 spiro atoms. The van der Waals surface area contributed by atoms with Crippen molar-refractivity contribution in [2.45, 2.75) is 57.5 Å². The predicted octanol–water partition coefficient (Wildman–Crippen LogP) is 6.37. The maximum Gasteiger partial charge on any atom is 0.534 e. The van der Waals surface area contributed by atoms with Crippen molar-refractivity contribution in [3.8, 4) is 11.5 Å². The average molecular weight is 591 g/mol. The van der Waals surface area contributed by atoms with Gasteiger partial charge in [-0.05, 0) is 97.6 Å². The van der Waals surface area contributed by atoms with Gasteiger partial charge in [-0.25, -0.2) is 0 Å². The molecule has 10 heteroatoms. The van der Waals surface area contributed by atoms with Gasteiger partial charge in [0.15, 0.2) is 0 Å². The highest BCUT2D eigenvalue weighted by Gasteiger charge is 2.48. The third-order valence-corrected chi connectivity index (χ3v) is 8.51. The van der Waals surface area contributed by atoms with Crippen LogP contribution in [-0.2, 0) is 35.9 Å². The van der Waals surface area contributed by atoms with Crippen LogP contribution in [0.1, 0.15) is 54.0 Å². The molecule has 0 radical (unpaired) electrons. The number of likely N-dealkylation sites (N-methyl/N-ethyl adjacent to an activating group) is 1. The Bertz CT molecular complexity index is 1430. The molecule has 1 N–H and O–H groups in total. The Hall–Kier alpha value is -3.24. The summed E-state index contributed by atoms with van der Waals surface area (Å²) in [6, 6.07) is 19.2. The molecule has 0 heterocycles. The lowest BCUT2D eigenvalue weighted by atomic mass is 9.79. The minimum atomic E-state index is -5.71. The van der Waals surface area contributed by atoms with Crippen LogP contribution in [0.2, 0.25) is 0 Å². The molecule has 3 aromatic carbocycles. The number of ether oxygens (including phenoxy) is 1. The summed E-state index contributed by atoms with van der Waals surface area (Å²) in [5.74, 6) is 0.621. The average Bonchev–Trinajstić information content (AvgIpc) is 2.95. The van der Waals surface area contributed by atoms with E-state index >= 15 is 0 Å². The number of methoxy groups -OCH3 is 1. The van der Waals surface area contributed by atoms with Crippen molar-refractivity contribution >= 4 is 15.8 Å². The Morgan fingerprint density at radius 3 is 2.32 bits per heavy atom. The maximum atomic E-state index is 12.8. The van der Waals surface area contributed by atoms with Gasteiger partial charge in [0.25, 0.3) is 0 Å². The van der Waals surface area contributed by atoms with Gasteiger partial charge in [-0.1, -0.05) is 43.3 Å². The van der Waals surface area contributed by atoms with E-state index in [1.54, 1.807) is 13.2 Å². The summed E-state index contributed by atoms with van der Waals surface area (Å²) in [4.78, 5) is 2.33. The molecule has 6 nitrogen and oxygen atoms in total. The number of nitrogens with zero attached hydrogens (tertiary/aromatic N) is 1. The van der Waals surface area contributed by atoms with Gasteiger partial charge in [0.2, 0.25) is 0 Å². The second kappa shape index (κ2) is 13.2. The highest BCUT2D eigenvalue weighted by Crippen LogP contribution is 2.40. The summed E-state index contributed by atoms with van der Waals surface area (Å²) >= 11 is 0. The number of anilines is 1. The highest BCUT2D eigenvalue weighted by atomic mass is 32.2. The first-order valence-electron chi connectivity index (χ1n) is 13.9. The van der Waals surface area contributed by atoms with Crippen LogP contribution in [0.4, 0.5) is 18.9 Å². The molecule has 0 saturated heterocycles. The molecule has 41 heavy (non-hydrogen) atoms. The fourth-order valence-electron chi connectivity index (χ4n) is 5.30. The highest BCUT2D eigenvalue weighted by molar-refractivity contribution is 7.88. The first-order valence-corrected chi connectivity index (χ1v) is 15.3. The van der Waals surface area contributed by atoms with Crippen molar-refractivity contribution in [3.05, 3.63) is 88.5 Å². The van der Waals surface area contributed by atoms with E-state index in [0.717, 1.165) is 61.6 Å². The van der Waals surface area contributed by atoms with Crippen molar-refractivity contribution in [1.82, 2.24) is 5.32 Å². The van der Waals surface area contributed by atoms with Crippen LogP contribution in [0.15, 0.2) is 60.7 Å². The van der Waals surface area contributed by atoms with Crippen molar-refractivity contribution in [2.75, 3.05) is 31.6 Å². The van der Waals surface area contributed by atoms with E-state index in [1.165, 1.54) is 28.8 Å². The molecule has 3 aromatic rings. The summed E-state index contributed by atoms with van der Waals surface area (Å²) in [6.07, 6.45) is 3.02. The van der Waals surface area contributed by atoms with Crippen LogP contribution in [0.5, 0.6) is 11.5 Å². The van der Waals surface area contributed by atoms with Gasteiger partial charge >= 0.3 is 15.6 Å². The predicted molar refractivity (Wildman–Crippen MR) is 155 cm³/mol. The molecule has 1 atom stereocenters. The number of hydrogen-bond donors (Lipinski definition) is 1. The van der Waals surface area contributed by atoms with Crippen LogP contribution in [0, 0.1) is 0 Å². The molecule has 0 fully saturated rings. The van der Waals surface area contributed by atoms with E-state index in [2.05, 4.69) is 64.6 Å². The zero-order chi connectivity index (χ0) is 29.6. The fraction of sp³-hybridized carbons (Fsp3) is 0.419. The Labute approximate surface area is 240 Å². The Morgan fingerprint density at radius 1 is 0.951 bits per heavy atom. The number of halogens is 3. The lowest BCUT2D eigenvalue weighted by Crippen LogP contribution is -2.28. The molecule has 4 rings (SSSR count). The second-order valence-corrected chi connectivity index (χ2v) is 11.8. The molecule has 0 saturated carbocycles. The lowest BCUT2D eigenvalue weighted by Gasteiger charge is -2.32. The van der Waals surface area contributed by atoms with E-state index in [9.17, 15) is 21.6 Å². The van der Waals surface area contributed by atoms with E-state index in [-0.39, 0.29) is 11.7 Å². The van der Waals surface area contributed by atoms with Gasteiger partial charge in [-0.15, -0.1) is 0 Å². The molecule has 0 amide bonds. The van der Waals surface area contributed by atoms with E-state index < -0.39 is 15.6 Å². The van der Waals surface area contributed by atoms with E-state index in [1.807, 2.05) is 6.07 Å². The van der Waals surface area contributed by atoms with Crippen molar-refractivity contribution in [2.24, 2.45) is 0 Å². The van der Waals surface area contributed by atoms with Crippen LogP contribution in [0.25, 0.3) is 0 Å². The molecule has 1 unspecified atom stereocenters. The second-order valence-electron chi connectivity index (χ2n) is 10.2. The summed E-state index contributed by atoms with van der Waals surface area (Å²) in [5, 5.41) is 3.35. The third-order valence-electron chi connectivity index (χ3n) is 7.53. The quantitative estimate of drug-likeness (QED) is 0.150. The van der Waals surface area contributed by atoms with Gasteiger partial charge in [-0.2, -0.15) is 21.6 Å². The van der Waals surface area contributed by atoms with Crippen molar-refractivity contribution in [1.29, 1.82) is 0 Å². The summed E-state index contributed by atoms with van der Waals surface area (Å²) in [7, 11) is -4.06. The Morgan fingerprint density at radius 2 is 1.66 bits per heavy atom. The molecule has 0 aromatic heterocycles. The van der Waals surface area contributed by atoms with Gasteiger partial charge < -0.3 is 19.1 Å². The lowest BCUT2D eigenvalue weighted by molar-refractivity contribution is -0.0500. The third kappa shape index (κ3) is 7.54. The largest absolute Gasteiger partial charge is 0.534 e. The SMILES string of the molecule is CCNCCc1ccc(CN(CC)c2cc(OC)ccc2C2CCc3cc(OS(=O)(=O)C(F)(F)F)ccc3C2)cc1. The molecule has 0 aliphatic heterocycles. The zero-order valence-corrected chi connectivity index (χ0v) is 24.4. The smallest absolute Gasteiger partial charge is 0.497 e. The normalized spacial score (nSPS) is 15.3. The van der Waals surface area contributed by atoms with Gasteiger partial charge in [-0.3, -0.25) is 0 Å². The van der Waals surface area contributed by atoms with Gasteiger partial charge in [0, 0.05) is 24.8 Å². The number of alkyl halides is 3. The summed E-state index contributed by atoms with van der Waals surface area (Å²) < 4.78 is 71.1. The van der Waals surface area contributed by atoms with E-state index in [0.29, 0.717) is 12.8 Å². The minimum Gasteiger partial charge on any atom is -0.497 e. The Balaban J connectivity index is 1.54. The molecule has 0 bridgehead atoms. The zero-order valence-electron chi connectivity index (χ0n) is 23.6. The van der Waals surface area contributed by atoms with Gasteiger partial charge in [0.1, 0.15) is 11.5 Å². The minimum absolute atomic E-state index is 0.177. The first kappa shape index (κ1) is 30.7. The molecular formula is C31H37F3N2O4S. The fourth-order valence-corrected chi connectivity index (χ4v) is 5.75. The number of aryl methyl sites for hydroxylation is 1. The topological polar surface area (TPSA) is 67.9 Å². The van der Waals surface area contributed by atoms with E-state index in [4.69, 9.17) is 4.74 Å².